The zero-order chi connectivity index (χ0) is 17.9. The second-order valence-corrected chi connectivity index (χ2v) is 8.94. The molecule has 1 amide bonds. The molecule has 1 fully saturated rings. The summed E-state index contributed by atoms with van der Waals surface area (Å²) in [6.07, 6.45) is 2.24. The van der Waals surface area contributed by atoms with Gasteiger partial charge in [-0.3, -0.25) is 4.79 Å². The van der Waals surface area contributed by atoms with Crippen molar-refractivity contribution in [2.75, 3.05) is 26.7 Å². The van der Waals surface area contributed by atoms with Gasteiger partial charge in [-0.05, 0) is 34.5 Å². The number of piperidine rings is 1. The Kier molecular flexibility index (Phi) is 5.33. The summed E-state index contributed by atoms with van der Waals surface area (Å²) in [6, 6.07) is 10.5. The van der Waals surface area contributed by atoms with Gasteiger partial charge in [-0.15, -0.1) is 11.3 Å². The molecule has 0 atom stereocenters. The summed E-state index contributed by atoms with van der Waals surface area (Å²) in [5.41, 5.74) is 2.34. The highest BCUT2D eigenvalue weighted by Gasteiger charge is 2.27. The van der Waals surface area contributed by atoms with Crippen molar-refractivity contribution >= 4 is 38.8 Å². The van der Waals surface area contributed by atoms with Gasteiger partial charge in [0.05, 0.1) is 28.3 Å². The van der Waals surface area contributed by atoms with Crippen LogP contribution in [0.2, 0.25) is 0 Å². The summed E-state index contributed by atoms with van der Waals surface area (Å²) < 4.78 is 1.28. The van der Waals surface area contributed by atoms with Crippen molar-refractivity contribution in [3.63, 3.8) is 0 Å². The van der Waals surface area contributed by atoms with E-state index >= 15 is 0 Å². The van der Waals surface area contributed by atoms with Crippen LogP contribution in [0.15, 0.2) is 41.1 Å². The van der Waals surface area contributed by atoms with Gasteiger partial charge in [0.25, 0.3) is 5.91 Å². The van der Waals surface area contributed by atoms with E-state index in [0.29, 0.717) is 19.0 Å². The molecule has 0 bridgehead atoms. The molecule has 3 heterocycles. The number of quaternary nitrogens is 1. The van der Waals surface area contributed by atoms with Gasteiger partial charge in [-0.25, -0.2) is 4.98 Å². The lowest BCUT2D eigenvalue weighted by molar-refractivity contribution is -0.897. The van der Waals surface area contributed by atoms with Crippen LogP contribution in [0.1, 0.15) is 29.3 Å². The standard InChI is InChI=1S/C20H23N3OS2/c1-22(12-15-8-11-25-14-15)19(24)13-23-9-6-16(7-10-23)20-21-17-4-2-3-5-18(17)26-20/h2-5,8,11,14,16H,6-7,9-10,12-13H2,1H3/p+1. The molecule has 26 heavy (non-hydrogen) atoms. The fourth-order valence-electron chi connectivity index (χ4n) is 3.61. The number of benzene rings is 1. The third kappa shape index (κ3) is 3.98. The van der Waals surface area contributed by atoms with Crippen molar-refractivity contribution in [3.05, 3.63) is 51.7 Å². The quantitative estimate of drug-likeness (QED) is 0.732. The first kappa shape index (κ1) is 17.6. The molecule has 1 aliphatic rings. The molecule has 0 aliphatic carbocycles. The first-order valence-corrected chi connectivity index (χ1v) is 10.9. The monoisotopic (exact) mass is 386 g/mol. The summed E-state index contributed by atoms with van der Waals surface area (Å²) in [6.45, 7) is 3.42. The van der Waals surface area contributed by atoms with Crippen LogP contribution in [0.5, 0.6) is 0 Å². The number of fused-ring (bicyclic) bond motifs is 1. The molecule has 0 spiro atoms. The number of carbonyl (C=O) groups is 1. The van der Waals surface area contributed by atoms with Gasteiger partial charge in [0.15, 0.2) is 6.54 Å². The van der Waals surface area contributed by atoms with Gasteiger partial charge < -0.3 is 9.80 Å². The van der Waals surface area contributed by atoms with Gasteiger partial charge in [0.2, 0.25) is 0 Å². The Balaban J connectivity index is 1.29. The Morgan fingerprint density at radius 1 is 1.27 bits per heavy atom. The topological polar surface area (TPSA) is 37.6 Å². The zero-order valence-electron chi connectivity index (χ0n) is 15.0. The summed E-state index contributed by atoms with van der Waals surface area (Å²) in [5.74, 6) is 0.791. The number of aromatic nitrogens is 1. The average molecular weight is 387 g/mol. The number of nitrogens with one attached hydrogen (secondary N) is 1. The van der Waals surface area contributed by atoms with Crippen LogP contribution in [0.3, 0.4) is 0 Å². The maximum absolute atomic E-state index is 12.5. The maximum Gasteiger partial charge on any atom is 0.277 e. The minimum atomic E-state index is 0.240. The lowest BCUT2D eigenvalue weighted by Gasteiger charge is -2.29. The molecule has 0 unspecified atom stereocenters. The number of likely N-dealkylation sites (N-methyl/N-ethyl adjacent to an activating group) is 1. The number of hydrogen-bond acceptors (Lipinski definition) is 4. The minimum Gasteiger partial charge on any atom is -0.337 e. The van der Waals surface area contributed by atoms with Gasteiger partial charge in [0, 0.05) is 32.4 Å². The van der Waals surface area contributed by atoms with Crippen LogP contribution in [-0.2, 0) is 11.3 Å². The number of likely N-dealkylation sites (tertiary alicyclic amines) is 1. The third-order valence-electron chi connectivity index (χ3n) is 5.18. The number of thiophene rings is 1. The van der Waals surface area contributed by atoms with E-state index < -0.39 is 0 Å². The predicted molar refractivity (Wildman–Crippen MR) is 108 cm³/mol. The zero-order valence-corrected chi connectivity index (χ0v) is 16.6. The average Bonchev–Trinajstić information content (AvgIpc) is 3.31. The Bertz CT molecular complexity index is 833. The van der Waals surface area contributed by atoms with Crippen LogP contribution in [0.25, 0.3) is 10.2 Å². The number of nitrogens with zero attached hydrogens (tertiary/aromatic N) is 2. The highest BCUT2D eigenvalue weighted by molar-refractivity contribution is 7.18. The molecule has 1 aliphatic heterocycles. The van der Waals surface area contributed by atoms with Gasteiger partial charge in [-0.1, -0.05) is 12.1 Å². The predicted octanol–water partition coefficient (Wildman–Crippen LogP) is 2.78. The molecule has 4 rings (SSSR count). The van der Waals surface area contributed by atoms with E-state index in [1.807, 2.05) is 23.3 Å². The van der Waals surface area contributed by atoms with Crippen molar-refractivity contribution in [3.8, 4) is 0 Å². The molecule has 0 saturated carbocycles. The Hall–Kier alpha value is -1.76. The van der Waals surface area contributed by atoms with Crippen LogP contribution in [-0.4, -0.2) is 42.5 Å². The molecule has 3 aromatic rings. The SMILES string of the molecule is CN(Cc1ccsc1)C(=O)C[NH+]1CCC(c2nc3ccccc3s2)CC1. The smallest absolute Gasteiger partial charge is 0.277 e. The molecule has 0 radical (unpaired) electrons. The number of para-hydroxylation sites is 1. The third-order valence-corrected chi connectivity index (χ3v) is 7.11. The van der Waals surface area contributed by atoms with Crippen LogP contribution >= 0.6 is 22.7 Å². The van der Waals surface area contributed by atoms with Crippen LogP contribution in [0.4, 0.5) is 0 Å². The molecular formula is C20H24N3OS2+. The van der Waals surface area contributed by atoms with E-state index in [-0.39, 0.29) is 5.91 Å². The molecule has 2 aromatic heterocycles. The number of thiazole rings is 1. The highest BCUT2D eigenvalue weighted by Crippen LogP contribution is 2.31. The summed E-state index contributed by atoms with van der Waals surface area (Å²) in [7, 11) is 1.91. The van der Waals surface area contributed by atoms with Crippen molar-refractivity contribution in [2.24, 2.45) is 0 Å². The highest BCUT2D eigenvalue weighted by atomic mass is 32.1. The van der Waals surface area contributed by atoms with Crippen LogP contribution < -0.4 is 4.90 Å². The first-order valence-electron chi connectivity index (χ1n) is 9.13. The van der Waals surface area contributed by atoms with Crippen LogP contribution in [0, 0.1) is 0 Å². The molecule has 6 heteroatoms. The Morgan fingerprint density at radius 2 is 2.08 bits per heavy atom. The van der Waals surface area contributed by atoms with Crippen molar-refractivity contribution in [1.29, 1.82) is 0 Å². The lowest BCUT2D eigenvalue weighted by Crippen LogP contribution is -3.14. The largest absolute Gasteiger partial charge is 0.337 e. The number of carbonyl (C=O) groups excluding carboxylic acids is 1. The molecule has 4 nitrogen and oxygen atoms in total. The normalized spacial score (nSPS) is 20.3. The van der Waals surface area contributed by atoms with E-state index in [4.69, 9.17) is 4.98 Å². The summed E-state index contributed by atoms with van der Waals surface area (Å²) in [4.78, 5) is 20.6. The van der Waals surface area contributed by atoms with E-state index in [2.05, 4.69) is 41.1 Å². The second kappa shape index (κ2) is 7.86. The van der Waals surface area contributed by atoms with Gasteiger partial charge in [0.1, 0.15) is 0 Å². The lowest BCUT2D eigenvalue weighted by atomic mass is 9.97. The fourth-order valence-corrected chi connectivity index (χ4v) is 5.40. The number of hydrogen-bond donors (Lipinski definition) is 1. The van der Waals surface area contributed by atoms with E-state index in [9.17, 15) is 4.79 Å². The molecular weight excluding hydrogens is 362 g/mol. The van der Waals surface area contributed by atoms with Crippen molar-refractivity contribution in [2.45, 2.75) is 25.3 Å². The maximum atomic E-state index is 12.5. The second-order valence-electron chi connectivity index (χ2n) is 7.10. The fraction of sp³-hybridized carbons (Fsp3) is 0.400. The van der Waals surface area contributed by atoms with E-state index in [0.717, 1.165) is 31.4 Å². The van der Waals surface area contributed by atoms with Crippen molar-refractivity contribution in [1.82, 2.24) is 9.88 Å². The minimum absolute atomic E-state index is 0.240. The molecule has 1 aromatic carbocycles. The first-order chi connectivity index (χ1) is 12.7. The summed E-state index contributed by atoms with van der Waals surface area (Å²) >= 11 is 3.51. The Labute approximate surface area is 162 Å². The summed E-state index contributed by atoms with van der Waals surface area (Å²) in [5, 5.41) is 5.44. The van der Waals surface area contributed by atoms with Gasteiger partial charge in [-0.2, -0.15) is 11.3 Å². The molecule has 1 saturated heterocycles. The van der Waals surface area contributed by atoms with E-state index in [1.54, 1.807) is 11.3 Å². The van der Waals surface area contributed by atoms with Crippen molar-refractivity contribution < 1.29 is 9.69 Å². The molecule has 136 valence electrons. The number of amides is 1. The molecule has 1 N–H and O–H groups in total. The van der Waals surface area contributed by atoms with E-state index in [1.165, 1.54) is 20.2 Å². The Morgan fingerprint density at radius 3 is 2.81 bits per heavy atom. The van der Waals surface area contributed by atoms with Gasteiger partial charge >= 0.3 is 0 Å². The number of rotatable bonds is 5.